The highest BCUT2D eigenvalue weighted by Gasteiger charge is 1.94. The maximum absolute atomic E-state index is 3.75. The molecular formula is C13H17BrS. The second-order valence-corrected chi connectivity index (χ2v) is 5.57. The van der Waals surface area contributed by atoms with Crippen LogP contribution in [-0.4, -0.2) is 5.75 Å². The van der Waals surface area contributed by atoms with Crippen LogP contribution in [0.2, 0.25) is 0 Å². The van der Waals surface area contributed by atoms with Crippen molar-refractivity contribution in [1.29, 1.82) is 0 Å². The van der Waals surface area contributed by atoms with Crippen LogP contribution in [0.1, 0.15) is 30.4 Å². The molecule has 0 radical (unpaired) electrons. The summed E-state index contributed by atoms with van der Waals surface area (Å²) in [6, 6.07) is 8.68. The molecule has 0 aliphatic carbocycles. The largest absolute Gasteiger partial charge is 0.0985 e. The molecule has 1 rings (SSSR count). The summed E-state index contributed by atoms with van der Waals surface area (Å²) in [5.74, 6) is 1.22. The molecule has 0 fully saturated rings. The first-order valence-corrected chi connectivity index (χ1v) is 8.14. The highest BCUT2D eigenvalue weighted by Crippen LogP contribution is 2.14. The summed E-state index contributed by atoms with van der Waals surface area (Å²) in [5.41, 5.74) is 2.64. The number of halogens is 1. The Morgan fingerprint density at radius 3 is 2.47 bits per heavy atom. The normalized spacial score (nSPS) is 10.2. The Balaban J connectivity index is 2.22. The zero-order valence-corrected chi connectivity index (χ0v) is 11.3. The first-order chi connectivity index (χ1) is 7.36. The Morgan fingerprint density at radius 2 is 1.87 bits per heavy atom. The molecule has 1 aromatic carbocycles. The Bertz CT molecular complexity index is 279. The highest BCUT2D eigenvalue weighted by molar-refractivity contribution is 9.50. The number of hydrogen-bond acceptors (Lipinski definition) is 1. The maximum Gasteiger partial charge on any atom is 0.00425 e. The van der Waals surface area contributed by atoms with Gasteiger partial charge in [0.05, 0.1) is 0 Å². The third kappa shape index (κ3) is 5.43. The van der Waals surface area contributed by atoms with Gasteiger partial charge in [0.15, 0.2) is 0 Å². The molecule has 0 spiro atoms. The third-order valence-corrected chi connectivity index (χ3v) is 3.82. The minimum atomic E-state index is 1.20. The van der Waals surface area contributed by atoms with Gasteiger partial charge in [0.2, 0.25) is 0 Å². The molecule has 0 atom stereocenters. The molecule has 0 saturated carbocycles. The molecular weight excluding hydrogens is 268 g/mol. The molecule has 0 aliphatic rings. The van der Waals surface area contributed by atoms with Crippen LogP contribution in [0.3, 0.4) is 0 Å². The second-order valence-electron chi connectivity index (χ2n) is 3.57. The summed E-state index contributed by atoms with van der Waals surface area (Å²) in [4.78, 5) is 0. The quantitative estimate of drug-likeness (QED) is 0.629. The Labute approximate surface area is 104 Å². The van der Waals surface area contributed by atoms with Gasteiger partial charge in [-0.05, 0) is 45.2 Å². The van der Waals surface area contributed by atoms with Gasteiger partial charge < -0.3 is 0 Å². The first kappa shape index (κ1) is 12.9. The van der Waals surface area contributed by atoms with E-state index in [-0.39, 0.29) is 0 Å². The number of rotatable bonds is 7. The SMILES string of the molecule is C=Cc1ccc(CCCCCSBr)cc1. The lowest BCUT2D eigenvalue weighted by Crippen LogP contribution is -1.86. The lowest BCUT2D eigenvalue weighted by molar-refractivity contribution is 0.723. The van der Waals surface area contributed by atoms with Crippen LogP contribution >= 0.6 is 25.0 Å². The third-order valence-electron chi connectivity index (χ3n) is 2.40. The van der Waals surface area contributed by atoms with Gasteiger partial charge in [0.1, 0.15) is 0 Å². The van der Waals surface area contributed by atoms with Crippen molar-refractivity contribution >= 4 is 31.1 Å². The van der Waals surface area contributed by atoms with E-state index in [4.69, 9.17) is 0 Å². The molecule has 0 aromatic heterocycles. The molecule has 2 heteroatoms. The fourth-order valence-electron chi connectivity index (χ4n) is 1.48. The predicted octanol–water partition coefficient (Wildman–Crippen LogP) is 5.09. The molecule has 0 saturated heterocycles. The maximum atomic E-state index is 3.75. The van der Waals surface area contributed by atoms with Crippen LogP contribution in [0, 0.1) is 0 Å². The monoisotopic (exact) mass is 284 g/mol. The van der Waals surface area contributed by atoms with Crippen molar-refractivity contribution in [3.05, 3.63) is 42.0 Å². The molecule has 0 N–H and O–H groups in total. The molecule has 0 unspecified atom stereocenters. The molecule has 0 heterocycles. The van der Waals surface area contributed by atoms with Gasteiger partial charge in [-0.1, -0.05) is 53.5 Å². The Hall–Kier alpha value is -0.210. The van der Waals surface area contributed by atoms with Crippen molar-refractivity contribution in [3.8, 4) is 0 Å². The first-order valence-electron chi connectivity index (χ1n) is 5.31. The Morgan fingerprint density at radius 1 is 1.13 bits per heavy atom. The van der Waals surface area contributed by atoms with Gasteiger partial charge in [-0.3, -0.25) is 0 Å². The summed E-state index contributed by atoms with van der Waals surface area (Å²) in [5, 5.41) is 0. The standard InChI is InChI=1S/C13H17BrS/c1-2-12-7-9-13(10-8-12)6-4-3-5-11-15-14/h2,7-10H,1,3-6,11H2. The number of hydrogen-bond donors (Lipinski definition) is 0. The molecule has 0 bridgehead atoms. The van der Waals surface area contributed by atoms with Crippen molar-refractivity contribution < 1.29 is 0 Å². The molecule has 82 valence electrons. The average Bonchev–Trinajstić information content (AvgIpc) is 2.30. The lowest BCUT2D eigenvalue weighted by atomic mass is 10.1. The summed E-state index contributed by atoms with van der Waals surface area (Å²) >= 11 is 3.37. The van der Waals surface area contributed by atoms with Crippen LogP contribution in [0.15, 0.2) is 30.8 Å². The summed E-state index contributed by atoms with van der Waals surface area (Å²) in [6.07, 6.45) is 7.00. The van der Waals surface area contributed by atoms with Crippen molar-refractivity contribution in [2.75, 3.05) is 5.75 Å². The van der Waals surface area contributed by atoms with E-state index in [9.17, 15) is 0 Å². The second kappa shape index (κ2) is 8.00. The van der Waals surface area contributed by atoms with E-state index in [0.717, 1.165) is 0 Å². The topological polar surface area (TPSA) is 0 Å². The average molecular weight is 285 g/mol. The van der Waals surface area contributed by atoms with Gasteiger partial charge in [-0.15, -0.1) is 0 Å². The van der Waals surface area contributed by atoms with Crippen LogP contribution in [0.5, 0.6) is 0 Å². The van der Waals surface area contributed by atoms with E-state index < -0.39 is 0 Å². The smallest absolute Gasteiger partial charge is 0.00425 e. The zero-order chi connectivity index (χ0) is 10.9. The van der Waals surface area contributed by atoms with Crippen molar-refractivity contribution in [1.82, 2.24) is 0 Å². The predicted molar refractivity (Wildman–Crippen MR) is 75.5 cm³/mol. The van der Waals surface area contributed by atoms with Crippen molar-refractivity contribution in [2.45, 2.75) is 25.7 Å². The van der Waals surface area contributed by atoms with Gasteiger partial charge >= 0.3 is 0 Å². The van der Waals surface area contributed by atoms with E-state index in [1.54, 1.807) is 10.2 Å². The van der Waals surface area contributed by atoms with Gasteiger partial charge in [-0.2, -0.15) is 0 Å². The molecule has 15 heavy (non-hydrogen) atoms. The molecule has 1 aromatic rings. The minimum absolute atomic E-state index is 1.20. The Kier molecular flexibility index (Phi) is 6.86. The van der Waals surface area contributed by atoms with Gasteiger partial charge in [0.25, 0.3) is 0 Å². The van der Waals surface area contributed by atoms with Crippen LogP contribution in [0.4, 0.5) is 0 Å². The van der Waals surface area contributed by atoms with Crippen LogP contribution in [0.25, 0.3) is 6.08 Å². The van der Waals surface area contributed by atoms with Gasteiger partial charge in [-0.25, -0.2) is 0 Å². The fraction of sp³-hybridized carbons (Fsp3) is 0.385. The van der Waals surface area contributed by atoms with Crippen molar-refractivity contribution in [2.24, 2.45) is 0 Å². The molecule has 0 nitrogen and oxygen atoms in total. The number of unbranched alkanes of at least 4 members (excludes halogenated alkanes) is 2. The van der Waals surface area contributed by atoms with Crippen LogP contribution < -0.4 is 0 Å². The fourth-order valence-corrected chi connectivity index (χ4v) is 2.48. The molecule has 0 aliphatic heterocycles. The number of aryl methyl sites for hydroxylation is 1. The van der Waals surface area contributed by atoms with E-state index in [1.807, 2.05) is 6.08 Å². The van der Waals surface area contributed by atoms with E-state index in [2.05, 4.69) is 45.7 Å². The highest BCUT2D eigenvalue weighted by atomic mass is 79.9. The van der Waals surface area contributed by atoms with Crippen molar-refractivity contribution in [3.63, 3.8) is 0 Å². The van der Waals surface area contributed by atoms with Crippen LogP contribution in [-0.2, 0) is 6.42 Å². The minimum Gasteiger partial charge on any atom is -0.0985 e. The number of benzene rings is 1. The lowest BCUT2D eigenvalue weighted by Gasteiger charge is -2.01. The van der Waals surface area contributed by atoms with Gasteiger partial charge in [0, 0.05) is 5.75 Å². The zero-order valence-electron chi connectivity index (χ0n) is 8.92. The summed E-state index contributed by atoms with van der Waals surface area (Å²) < 4.78 is 0. The molecule has 0 amide bonds. The summed E-state index contributed by atoms with van der Waals surface area (Å²) in [6.45, 7) is 3.75. The van der Waals surface area contributed by atoms with E-state index in [1.165, 1.54) is 42.6 Å². The van der Waals surface area contributed by atoms with E-state index in [0.29, 0.717) is 0 Å². The van der Waals surface area contributed by atoms with E-state index >= 15 is 0 Å². The summed E-state index contributed by atoms with van der Waals surface area (Å²) in [7, 11) is 1.75.